The zero-order chi connectivity index (χ0) is 19.4. The first kappa shape index (κ1) is 19.9. The highest BCUT2D eigenvalue weighted by Crippen LogP contribution is 2.26. The Bertz CT molecular complexity index is 884. The molecule has 1 saturated heterocycles. The molecule has 1 aromatic heterocycles. The van der Waals surface area contributed by atoms with E-state index in [9.17, 15) is 8.42 Å². The Labute approximate surface area is 162 Å². The smallest absolute Gasteiger partial charge is 0.246 e. The second-order valence-corrected chi connectivity index (χ2v) is 8.91. The van der Waals surface area contributed by atoms with Crippen LogP contribution in [0.3, 0.4) is 0 Å². The van der Waals surface area contributed by atoms with Gasteiger partial charge in [0.15, 0.2) is 0 Å². The molecule has 0 atom stereocenters. The van der Waals surface area contributed by atoms with Crippen molar-refractivity contribution < 1.29 is 13.2 Å². The molecule has 3 rings (SSSR count). The van der Waals surface area contributed by atoms with Crippen molar-refractivity contribution >= 4 is 10.0 Å². The fourth-order valence-corrected chi connectivity index (χ4v) is 5.50. The Hall–Kier alpha value is -1.86. The molecule has 0 radical (unpaired) electrons. The lowest BCUT2D eigenvalue weighted by atomic mass is 10.2. The van der Waals surface area contributed by atoms with Crippen LogP contribution in [-0.4, -0.2) is 42.2 Å². The summed E-state index contributed by atoms with van der Waals surface area (Å²) in [6.07, 6.45) is 3.92. The minimum atomic E-state index is -3.48. The Morgan fingerprint density at radius 3 is 2.59 bits per heavy atom. The summed E-state index contributed by atoms with van der Waals surface area (Å²) in [4.78, 5) is 0.359. The van der Waals surface area contributed by atoms with Crippen molar-refractivity contribution in [3.05, 3.63) is 41.2 Å². The maximum Gasteiger partial charge on any atom is 0.246 e. The minimum Gasteiger partial charge on any atom is -0.492 e. The number of sulfonamides is 1. The van der Waals surface area contributed by atoms with Crippen molar-refractivity contribution in [3.63, 3.8) is 0 Å². The van der Waals surface area contributed by atoms with Gasteiger partial charge in [0.25, 0.3) is 0 Å². The monoisotopic (exact) mass is 391 g/mol. The molecule has 1 fully saturated rings. The zero-order valence-corrected chi connectivity index (χ0v) is 17.3. The lowest BCUT2D eigenvalue weighted by Gasteiger charge is -2.26. The molecule has 0 bridgehead atoms. The van der Waals surface area contributed by atoms with E-state index in [1.54, 1.807) is 15.9 Å². The number of benzene rings is 1. The van der Waals surface area contributed by atoms with Crippen LogP contribution in [0.2, 0.25) is 0 Å². The van der Waals surface area contributed by atoms with Crippen LogP contribution in [-0.2, 0) is 23.0 Å². The minimum absolute atomic E-state index is 0.359. The van der Waals surface area contributed by atoms with Crippen LogP contribution < -0.4 is 4.74 Å². The summed E-state index contributed by atoms with van der Waals surface area (Å²) in [6, 6.07) is 8.03. The summed E-state index contributed by atoms with van der Waals surface area (Å²) < 4.78 is 35.3. The first-order chi connectivity index (χ1) is 12.9. The van der Waals surface area contributed by atoms with E-state index < -0.39 is 10.0 Å². The second kappa shape index (κ2) is 8.44. The molecule has 148 valence electrons. The molecule has 2 aromatic rings. The fraction of sp³-hybridized carbons (Fsp3) is 0.550. The van der Waals surface area contributed by atoms with E-state index in [0.29, 0.717) is 42.5 Å². The van der Waals surface area contributed by atoms with Gasteiger partial charge in [0.2, 0.25) is 10.0 Å². The highest BCUT2D eigenvalue weighted by Gasteiger charge is 2.31. The molecule has 7 heteroatoms. The third kappa shape index (κ3) is 4.35. The van der Waals surface area contributed by atoms with Gasteiger partial charge >= 0.3 is 0 Å². The van der Waals surface area contributed by atoms with Crippen molar-refractivity contribution in [1.29, 1.82) is 0 Å². The molecule has 0 spiro atoms. The highest BCUT2D eigenvalue weighted by atomic mass is 32.2. The quantitative estimate of drug-likeness (QED) is 0.726. The summed E-state index contributed by atoms with van der Waals surface area (Å²) in [5, 5.41) is 4.47. The molecule has 0 amide bonds. The van der Waals surface area contributed by atoms with E-state index in [1.807, 2.05) is 25.1 Å². The SMILES string of the molecule is CCc1cccc(OCCn2nc(C)c(S(=O)(=O)N3CCCCC3)c2C)c1. The predicted octanol–water partition coefficient (Wildman–Crippen LogP) is 3.32. The van der Waals surface area contributed by atoms with Gasteiger partial charge in [-0.1, -0.05) is 25.5 Å². The Morgan fingerprint density at radius 1 is 1.15 bits per heavy atom. The standard InChI is InChI=1S/C20H29N3O3S/c1-4-18-9-8-10-19(15-18)26-14-13-23-17(3)20(16(2)21-23)27(24,25)22-11-6-5-7-12-22/h8-10,15H,4-7,11-14H2,1-3H3. The summed E-state index contributed by atoms with van der Waals surface area (Å²) in [5.74, 6) is 0.831. The lowest BCUT2D eigenvalue weighted by molar-refractivity contribution is 0.289. The highest BCUT2D eigenvalue weighted by molar-refractivity contribution is 7.89. The first-order valence-corrected chi connectivity index (χ1v) is 11.1. The summed E-state index contributed by atoms with van der Waals surface area (Å²) >= 11 is 0. The normalized spacial score (nSPS) is 15.8. The van der Waals surface area contributed by atoms with Crippen molar-refractivity contribution in [2.24, 2.45) is 0 Å². The van der Waals surface area contributed by atoms with E-state index in [4.69, 9.17) is 4.74 Å². The van der Waals surface area contributed by atoms with Crippen molar-refractivity contribution in [3.8, 4) is 5.75 Å². The third-order valence-corrected chi connectivity index (χ3v) is 7.26. The van der Waals surface area contributed by atoms with Gasteiger partial charge in [-0.05, 0) is 50.8 Å². The van der Waals surface area contributed by atoms with Crippen LogP contribution in [0.5, 0.6) is 5.75 Å². The number of hydrogen-bond acceptors (Lipinski definition) is 4. The lowest BCUT2D eigenvalue weighted by Crippen LogP contribution is -2.36. The average molecular weight is 392 g/mol. The van der Waals surface area contributed by atoms with Gasteiger partial charge in [0.05, 0.1) is 17.9 Å². The van der Waals surface area contributed by atoms with E-state index in [0.717, 1.165) is 31.4 Å². The molecule has 0 aliphatic carbocycles. The van der Waals surface area contributed by atoms with Crippen LogP contribution >= 0.6 is 0 Å². The van der Waals surface area contributed by atoms with Gasteiger partial charge in [-0.25, -0.2) is 8.42 Å². The largest absolute Gasteiger partial charge is 0.492 e. The van der Waals surface area contributed by atoms with Gasteiger partial charge < -0.3 is 4.74 Å². The first-order valence-electron chi connectivity index (χ1n) is 9.69. The van der Waals surface area contributed by atoms with Crippen LogP contribution in [0, 0.1) is 13.8 Å². The van der Waals surface area contributed by atoms with Gasteiger partial charge in [0, 0.05) is 13.1 Å². The van der Waals surface area contributed by atoms with Crippen molar-refractivity contribution in [2.75, 3.05) is 19.7 Å². The zero-order valence-electron chi connectivity index (χ0n) is 16.4. The molecule has 0 N–H and O–H groups in total. The van der Waals surface area contributed by atoms with Crippen molar-refractivity contribution in [2.45, 2.75) is 57.9 Å². The number of nitrogens with zero attached hydrogens (tertiary/aromatic N) is 3. The van der Waals surface area contributed by atoms with Gasteiger partial charge in [-0.2, -0.15) is 9.40 Å². The topological polar surface area (TPSA) is 64.4 Å². The number of aryl methyl sites for hydroxylation is 2. The van der Waals surface area contributed by atoms with Crippen LogP contribution in [0.25, 0.3) is 0 Å². The Balaban J connectivity index is 1.71. The molecule has 27 heavy (non-hydrogen) atoms. The second-order valence-electron chi connectivity index (χ2n) is 7.04. The van der Waals surface area contributed by atoms with E-state index >= 15 is 0 Å². The number of aromatic nitrogens is 2. The summed E-state index contributed by atoms with van der Waals surface area (Å²) in [6.45, 7) is 7.86. The molecule has 0 saturated carbocycles. The molecule has 1 aliphatic rings. The number of rotatable bonds is 7. The molecule has 1 aromatic carbocycles. The molecular weight excluding hydrogens is 362 g/mol. The Morgan fingerprint density at radius 2 is 1.89 bits per heavy atom. The maximum atomic E-state index is 13.0. The fourth-order valence-electron chi connectivity index (χ4n) is 3.61. The molecular formula is C20H29N3O3S. The van der Waals surface area contributed by atoms with Gasteiger partial charge in [-0.3, -0.25) is 4.68 Å². The number of hydrogen-bond donors (Lipinski definition) is 0. The van der Waals surface area contributed by atoms with Gasteiger partial charge in [0.1, 0.15) is 17.3 Å². The average Bonchev–Trinajstić information content (AvgIpc) is 2.96. The van der Waals surface area contributed by atoms with E-state index in [-0.39, 0.29) is 0 Å². The number of piperidine rings is 1. The maximum absolute atomic E-state index is 13.0. The van der Waals surface area contributed by atoms with Crippen LogP contribution in [0.15, 0.2) is 29.2 Å². The summed E-state index contributed by atoms with van der Waals surface area (Å²) in [5.41, 5.74) is 2.48. The number of ether oxygens (including phenoxy) is 1. The molecule has 1 aliphatic heterocycles. The van der Waals surface area contributed by atoms with Crippen LogP contribution in [0.1, 0.15) is 43.1 Å². The molecule has 0 unspecified atom stereocenters. The Kier molecular flexibility index (Phi) is 6.22. The predicted molar refractivity (Wildman–Crippen MR) is 106 cm³/mol. The molecule has 2 heterocycles. The molecule has 6 nitrogen and oxygen atoms in total. The van der Waals surface area contributed by atoms with Crippen molar-refractivity contribution in [1.82, 2.24) is 14.1 Å². The van der Waals surface area contributed by atoms with E-state index in [2.05, 4.69) is 18.1 Å². The van der Waals surface area contributed by atoms with Crippen LogP contribution in [0.4, 0.5) is 0 Å². The van der Waals surface area contributed by atoms with E-state index in [1.165, 1.54) is 5.56 Å². The van der Waals surface area contributed by atoms with Gasteiger partial charge in [-0.15, -0.1) is 0 Å². The third-order valence-electron chi connectivity index (χ3n) is 5.11. The summed E-state index contributed by atoms with van der Waals surface area (Å²) in [7, 11) is -3.48.